The summed E-state index contributed by atoms with van der Waals surface area (Å²) in [5.41, 5.74) is 5.75. The molecular weight excluding hydrogens is 76.0 g/mol. The first-order chi connectivity index (χ1) is 2.41. The van der Waals surface area contributed by atoms with E-state index in [0.29, 0.717) is 0 Å². The Morgan fingerprint density at radius 3 is 1.60 bits per heavy atom. The van der Waals surface area contributed by atoms with E-state index in [4.69, 9.17) is 20.6 Å². The molecule has 0 aliphatic heterocycles. The van der Waals surface area contributed by atoms with Crippen LogP contribution in [-0.4, -0.2) is 0 Å². The molecule has 0 heterocycles. The molecule has 5 heavy (non-hydrogen) atoms. The van der Waals surface area contributed by atoms with Crippen LogP contribution in [-0.2, 0) is 0 Å². The van der Waals surface area contributed by atoms with Crippen LogP contribution < -0.4 is 10.9 Å². The lowest BCUT2D eigenvalue weighted by Gasteiger charge is -1.36. The molecule has 0 saturated carbocycles. The number of nitroso groups, excluding NO2 is 1. The Bertz CT molecular complexity index is 18.9. The smallest absolute Gasteiger partial charge is 0.120 e. The standard InChI is InChI=1S/HNO2.NO/c2-1-3;1-2/h1H;. The molecule has 5 heteroatoms. The Labute approximate surface area is 27.3 Å². The summed E-state index contributed by atoms with van der Waals surface area (Å²) in [5.74, 6) is 0. The van der Waals surface area contributed by atoms with Crippen LogP contribution in [0.25, 0.3) is 0 Å². The monoisotopic (exact) mass is 77.0 g/mol. The molecule has 0 unspecified atom stereocenters. The van der Waals surface area contributed by atoms with Gasteiger partial charge in [-0.2, -0.15) is 0 Å². The normalized spacial score (nSPS) is 3.20. The maximum atomic E-state index is 8.12. The number of rotatable bonds is 0. The molecule has 1 N–H and O–H groups in total. The molecule has 0 fully saturated rings. The zero-order chi connectivity index (χ0) is 4.71. The summed E-state index contributed by atoms with van der Waals surface area (Å²) in [5, 5.41) is 8.38. The van der Waals surface area contributed by atoms with Crippen molar-refractivity contribution in [3.8, 4) is 0 Å². The summed E-state index contributed by atoms with van der Waals surface area (Å²) in [4.78, 5) is 15.4. The van der Waals surface area contributed by atoms with Crippen molar-refractivity contribution in [3.05, 3.63) is 15.0 Å². The molecule has 0 atom stereocenters. The quantitative estimate of drug-likeness (QED) is 0.264. The topological polar surface area (TPSA) is 93.5 Å². The van der Waals surface area contributed by atoms with Crippen molar-refractivity contribution in [2.75, 3.05) is 0 Å². The van der Waals surface area contributed by atoms with E-state index < -0.39 is 0 Å². The second-order valence-electron chi connectivity index (χ2n) is 0.0833. The Morgan fingerprint density at radius 1 is 1.60 bits per heavy atom. The van der Waals surface area contributed by atoms with E-state index in [9.17, 15) is 0 Å². The van der Waals surface area contributed by atoms with Gasteiger partial charge in [-0.05, 0) is 0 Å². The number of hydrogen-bond acceptors (Lipinski definition) is 3. The van der Waals surface area contributed by atoms with E-state index in [0.717, 1.165) is 0 Å². The van der Waals surface area contributed by atoms with Gasteiger partial charge in [0, 0.05) is 5.34 Å². The van der Waals surface area contributed by atoms with Gasteiger partial charge >= 0.3 is 0 Å². The molecule has 0 saturated heterocycles. The van der Waals surface area contributed by atoms with Crippen LogP contribution in [0.3, 0.4) is 0 Å². The van der Waals surface area contributed by atoms with Crippen LogP contribution in [0.2, 0.25) is 0 Å². The van der Waals surface area contributed by atoms with Crippen molar-refractivity contribution in [3.63, 3.8) is 0 Å². The van der Waals surface area contributed by atoms with Crippen molar-refractivity contribution in [2.45, 2.75) is 0 Å². The summed E-state index contributed by atoms with van der Waals surface area (Å²) in [6.07, 6.45) is 0. The highest BCUT2D eigenvalue weighted by molar-refractivity contribution is 3.77. The molecule has 0 aromatic heterocycles. The number of hydrogen-bond donors (Lipinski definition) is 1. The van der Waals surface area contributed by atoms with E-state index in [-0.39, 0.29) is 5.34 Å². The van der Waals surface area contributed by atoms with Gasteiger partial charge in [0.2, 0.25) is 0 Å². The first-order valence-corrected chi connectivity index (χ1v) is 0.591. The van der Waals surface area contributed by atoms with Gasteiger partial charge in [0.05, 0.1) is 0 Å². The molecule has 5 nitrogen and oxygen atoms in total. The first kappa shape index (κ1) is 9.00. The van der Waals surface area contributed by atoms with Gasteiger partial charge in [-0.25, -0.2) is 0 Å². The maximum Gasteiger partial charge on any atom is 0.120 e. The summed E-state index contributed by atoms with van der Waals surface area (Å²) < 4.78 is 0. The molecule has 0 rings (SSSR count). The summed E-state index contributed by atoms with van der Waals surface area (Å²) in [6, 6.07) is 0. The van der Waals surface area contributed by atoms with Gasteiger partial charge in [-0.1, -0.05) is 0 Å². The molecule has 1 radical (unpaired) electrons. The third-order valence-corrected chi connectivity index (χ3v) is 0. The third kappa shape index (κ3) is 3.00. The zero-order valence-electron chi connectivity index (χ0n) is 2.17. The fourth-order valence-electron chi connectivity index (χ4n) is 0. The van der Waals surface area contributed by atoms with Crippen LogP contribution in [0, 0.1) is 15.0 Å². The molecule has 0 aromatic rings. The second kappa shape index (κ2) is 0. The SMILES string of the molecule is O=[NH+][O-].[N]=O. The molecule has 0 aliphatic carbocycles. The molecule has 0 amide bonds. The van der Waals surface area contributed by atoms with Gasteiger partial charge in [0.25, 0.3) is 0 Å². The van der Waals surface area contributed by atoms with Gasteiger partial charge in [0.1, 0.15) is 5.59 Å². The molecule has 0 aliphatic rings. The molecular formula is HN2O3. The van der Waals surface area contributed by atoms with Crippen LogP contribution in [0.5, 0.6) is 0 Å². The predicted molar refractivity (Wildman–Crippen MR) is 13.2 cm³/mol. The molecule has 0 bridgehead atoms. The minimum atomic E-state index is 0.250. The first-order valence-electron chi connectivity index (χ1n) is 0.591. The Balaban J connectivity index is 0. The predicted octanol–water partition coefficient (Wildman–Crippen LogP) is -2.12. The van der Waals surface area contributed by atoms with Crippen molar-refractivity contribution < 1.29 is 5.34 Å². The summed E-state index contributed by atoms with van der Waals surface area (Å²) >= 11 is 0. The van der Waals surface area contributed by atoms with E-state index in [2.05, 4.69) is 0 Å². The van der Waals surface area contributed by atoms with Crippen molar-refractivity contribution >= 4 is 0 Å². The van der Waals surface area contributed by atoms with Crippen molar-refractivity contribution in [1.82, 2.24) is 5.59 Å². The van der Waals surface area contributed by atoms with Gasteiger partial charge < -0.3 is 0 Å². The average molecular weight is 77.0 g/mol. The maximum absolute atomic E-state index is 8.12. The van der Waals surface area contributed by atoms with Gasteiger partial charge in [0.15, 0.2) is 0 Å². The highest BCUT2D eigenvalue weighted by atomic mass is 16.6. The Morgan fingerprint density at radius 2 is 1.60 bits per heavy atom. The Kier molecular flexibility index (Phi) is 0. The zero-order valence-corrected chi connectivity index (χ0v) is 2.17. The number of nitrogens with one attached hydrogen (secondary N) is 1. The van der Waals surface area contributed by atoms with Crippen LogP contribution in [0.1, 0.15) is 0 Å². The van der Waals surface area contributed by atoms with E-state index >= 15 is 0 Å². The summed E-state index contributed by atoms with van der Waals surface area (Å²) in [7, 11) is 0. The Hall–Kier alpha value is -1.00. The minimum absolute atomic E-state index is 0.250. The van der Waals surface area contributed by atoms with Gasteiger partial charge in [-0.3, -0.25) is 10.1 Å². The lowest BCUT2D eigenvalue weighted by Crippen LogP contribution is -2.53. The highest BCUT2D eigenvalue weighted by Crippen LogP contribution is 0.619. The van der Waals surface area contributed by atoms with Crippen LogP contribution in [0.15, 0.2) is 0 Å². The fourth-order valence-corrected chi connectivity index (χ4v) is 0. The lowest BCUT2D eigenvalue weighted by molar-refractivity contribution is -0.398. The molecule has 29 valence electrons. The van der Waals surface area contributed by atoms with E-state index in [1.807, 2.05) is 0 Å². The van der Waals surface area contributed by atoms with E-state index in [1.54, 1.807) is 0 Å². The highest BCUT2D eigenvalue weighted by Gasteiger charge is 1.10. The fraction of sp³-hybridized carbons (Fsp3) is 0. The van der Waals surface area contributed by atoms with Crippen molar-refractivity contribution in [1.29, 1.82) is 0 Å². The van der Waals surface area contributed by atoms with Crippen LogP contribution in [0.4, 0.5) is 0 Å². The van der Waals surface area contributed by atoms with E-state index in [1.165, 1.54) is 0 Å². The van der Waals surface area contributed by atoms with Gasteiger partial charge in [-0.15, -0.1) is 4.91 Å². The van der Waals surface area contributed by atoms with Crippen molar-refractivity contribution in [2.24, 2.45) is 0 Å². The average Bonchev–Trinajstić information content (AvgIpc) is 1.46. The molecule has 0 aromatic carbocycles. The lowest BCUT2D eigenvalue weighted by atomic mass is 13.4. The molecule has 0 spiro atoms. The number of nitrogens with zero attached hydrogens (tertiary/aromatic N) is 1. The summed E-state index contributed by atoms with van der Waals surface area (Å²) in [6.45, 7) is 0. The third-order valence-electron chi connectivity index (χ3n) is 0. The second-order valence-corrected chi connectivity index (χ2v) is 0.0833. The largest absolute Gasteiger partial charge is 0.267 e. The van der Waals surface area contributed by atoms with Crippen LogP contribution >= 0.6 is 0 Å². The minimum Gasteiger partial charge on any atom is -0.267 e.